The second-order valence-electron chi connectivity index (χ2n) is 6.14. The average Bonchev–Trinajstić information content (AvgIpc) is 3.22. The maximum atomic E-state index is 11.9. The fourth-order valence-electron chi connectivity index (χ4n) is 2.85. The minimum Gasteiger partial charge on any atom is -0.352 e. The van der Waals surface area contributed by atoms with Crippen LogP contribution in [0.3, 0.4) is 0 Å². The first-order valence-corrected chi connectivity index (χ1v) is 8.46. The summed E-state index contributed by atoms with van der Waals surface area (Å²) in [6.07, 6.45) is 9.34. The molecule has 2 amide bonds. The zero-order valence-electron chi connectivity index (χ0n) is 14.3. The molecule has 6 heteroatoms. The van der Waals surface area contributed by atoms with Crippen LogP contribution in [-0.2, 0) is 23.1 Å². The molecule has 130 valence electrons. The van der Waals surface area contributed by atoms with Gasteiger partial charge in [-0.05, 0) is 42.2 Å². The molecule has 1 fully saturated rings. The molecule has 1 aromatic heterocycles. The van der Waals surface area contributed by atoms with Gasteiger partial charge in [-0.3, -0.25) is 14.3 Å². The largest absolute Gasteiger partial charge is 0.352 e. The lowest BCUT2D eigenvalue weighted by Crippen LogP contribution is -2.23. The maximum Gasteiger partial charge on any atom is 0.244 e. The topological polar surface area (TPSA) is 67.2 Å². The van der Waals surface area contributed by atoms with Gasteiger partial charge in [-0.1, -0.05) is 12.1 Å². The van der Waals surface area contributed by atoms with E-state index in [1.54, 1.807) is 21.9 Å². The summed E-state index contributed by atoms with van der Waals surface area (Å²) in [5, 5.41) is 6.95. The van der Waals surface area contributed by atoms with Crippen molar-refractivity contribution in [1.82, 2.24) is 15.1 Å². The number of carbonyl (C=O) groups excluding carboxylic acids is 2. The Balaban J connectivity index is 1.47. The summed E-state index contributed by atoms with van der Waals surface area (Å²) < 4.78 is 1.75. The Kier molecular flexibility index (Phi) is 5.28. The molecule has 0 radical (unpaired) electrons. The van der Waals surface area contributed by atoms with Gasteiger partial charge in [-0.25, -0.2) is 0 Å². The van der Waals surface area contributed by atoms with Crippen LogP contribution in [0.5, 0.6) is 0 Å². The summed E-state index contributed by atoms with van der Waals surface area (Å²) in [7, 11) is 1.87. The number of amides is 2. The molecule has 0 spiro atoms. The van der Waals surface area contributed by atoms with Crippen molar-refractivity contribution in [1.29, 1.82) is 0 Å². The quantitative estimate of drug-likeness (QED) is 0.818. The Morgan fingerprint density at radius 3 is 2.76 bits per heavy atom. The van der Waals surface area contributed by atoms with Gasteiger partial charge in [-0.15, -0.1) is 0 Å². The lowest BCUT2D eigenvalue weighted by Gasteiger charge is -2.15. The number of carbonyl (C=O) groups is 2. The smallest absolute Gasteiger partial charge is 0.244 e. The molecule has 1 N–H and O–H groups in total. The van der Waals surface area contributed by atoms with Gasteiger partial charge in [0.25, 0.3) is 0 Å². The van der Waals surface area contributed by atoms with Crippen LogP contribution >= 0.6 is 0 Å². The molecular weight excluding hydrogens is 316 g/mol. The molecule has 0 atom stereocenters. The van der Waals surface area contributed by atoms with E-state index >= 15 is 0 Å². The van der Waals surface area contributed by atoms with Crippen molar-refractivity contribution >= 4 is 23.6 Å². The predicted octanol–water partition coefficient (Wildman–Crippen LogP) is 1.92. The van der Waals surface area contributed by atoms with Crippen LogP contribution < -0.4 is 10.2 Å². The van der Waals surface area contributed by atoms with Gasteiger partial charge in [-0.2, -0.15) is 5.10 Å². The number of anilines is 1. The number of nitrogens with one attached hydrogen (secondary N) is 1. The van der Waals surface area contributed by atoms with Crippen molar-refractivity contribution < 1.29 is 9.59 Å². The molecule has 0 unspecified atom stereocenters. The summed E-state index contributed by atoms with van der Waals surface area (Å²) in [4.78, 5) is 25.4. The van der Waals surface area contributed by atoms with Crippen molar-refractivity contribution in [3.63, 3.8) is 0 Å². The molecule has 0 aliphatic carbocycles. The van der Waals surface area contributed by atoms with Crippen molar-refractivity contribution in [3.05, 3.63) is 53.9 Å². The summed E-state index contributed by atoms with van der Waals surface area (Å²) in [5.74, 6) is 0.0546. The molecule has 1 aliphatic rings. The van der Waals surface area contributed by atoms with Gasteiger partial charge in [0, 0.05) is 44.5 Å². The van der Waals surface area contributed by atoms with Gasteiger partial charge in [0.2, 0.25) is 11.8 Å². The Bertz CT molecular complexity index is 777. The summed E-state index contributed by atoms with van der Waals surface area (Å²) >= 11 is 0. The van der Waals surface area contributed by atoms with Crippen molar-refractivity contribution in [3.8, 4) is 0 Å². The molecule has 1 saturated heterocycles. The Morgan fingerprint density at radius 1 is 1.32 bits per heavy atom. The number of aryl methyl sites for hydroxylation is 1. The molecule has 0 saturated carbocycles. The first-order chi connectivity index (χ1) is 12.1. The van der Waals surface area contributed by atoms with Gasteiger partial charge < -0.3 is 10.2 Å². The Morgan fingerprint density at radius 2 is 2.12 bits per heavy atom. The minimum atomic E-state index is -0.123. The average molecular weight is 338 g/mol. The zero-order valence-corrected chi connectivity index (χ0v) is 14.3. The molecule has 1 aromatic carbocycles. The Labute approximate surface area is 147 Å². The van der Waals surface area contributed by atoms with E-state index in [0.29, 0.717) is 13.0 Å². The lowest BCUT2D eigenvalue weighted by atomic mass is 10.2. The monoisotopic (exact) mass is 338 g/mol. The predicted molar refractivity (Wildman–Crippen MR) is 97.0 cm³/mol. The van der Waals surface area contributed by atoms with Crippen LogP contribution in [0.1, 0.15) is 24.0 Å². The number of hydrogen-bond acceptors (Lipinski definition) is 3. The number of benzene rings is 1. The molecule has 6 nitrogen and oxygen atoms in total. The van der Waals surface area contributed by atoms with Crippen LogP contribution in [0, 0.1) is 0 Å². The van der Waals surface area contributed by atoms with Gasteiger partial charge in [0.1, 0.15) is 0 Å². The van der Waals surface area contributed by atoms with Crippen molar-refractivity contribution in [2.75, 3.05) is 18.0 Å². The molecule has 2 heterocycles. The van der Waals surface area contributed by atoms with Crippen LogP contribution in [0.25, 0.3) is 6.08 Å². The summed E-state index contributed by atoms with van der Waals surface area (Å²) in [5.41, 5.74) is 2.94. The van der Waals surface area contributed by atoms with E-state index in [9.17, 15) is 9.59 Å². The molecular formula is C19H22N4O2. The highest BCUT2D eigenvalue weighted by Gasteiger charge is 2.21. The van der Waals surface area contributed by atoms with E-state index in [1.807, 2.05) is 37.5 Å². The first kappa shape index (κ1) is 17.0. The van der Waals surface area contributed by atoms with Gasteiger partial charge in [0.05, 0.1) is 6.20 Å². The number of nitrogens with zero attached hydrogens (tertiary/aromatic N) is 3. The zero-order chi connectivity index (χ0) is 17.6. The third-order valence-corrected chi connectivity index (χ3v) is 4.18. The number of rotatable bonds is 6. The van der Waals surface area contributed by atoms with Gasteiger partial charge >= 0.3 is 0 Å². The highest BCUT2D eigenvalue weighted by Crippen LogP contribution is 2.21. The fraction of sp³-hybridized carbons (Fsp3) is 0.316. The third kappa shape index (κ3) is 4.56. The standard InChI is InChI=1S/C19H22N4O2/c1-22-14-16(13-21-22)10-11-20-18(24)9-6-15-4-7-17(8-5-15)23-12-2-3-19(23)25/h4-9,13-14H,2-3,10-12H2,1H3,(H,20,24). The third-order valence-electron chi connectivity index (χ3n) is 4.18. The van der Waals surface area contributed by atoms with Crippen molar-refractivity contribution in [2.45, 2.75) is 19.3 Å². The number of aromatic nitrogens is 2. The highest BCUT2D eigenvalue weighted by molar-refractivity contribution is 5.95. The highest BCUT2D eigenvalue weighted by atomic mass is 16.2. The second-order valence-corrected chi connectivity index (χ2v) is 6.14. The molecule has 25 heavy (non-hydrogen) atoms. The van der Waals surface area contributed by atoms with E-state index < -0.39 is 0 Å². The fourth-order valence-corrected chi connectivity index (χ4v) is 2.85. The van der Waals surface area contributed by atoms with E-state index in [4.69, 9.17) is 0 Å². The van der Waals surface area contributed by atoms with E-state index in [1.165, 1.54) is 6.08 Å². The van der Waals surface area contributed by atoms with Crippen LogP contribution in [0.2, 0.25) is 0 Å². The molecule has 3 rings (SSSR count). The minimum absolute atomic E-state index is 0.123. The van der Waals surface area contributed by atoms with Gasteiger partial charge in [0.15, 0.2) is 0 Å². The van der Waals surface area contributed by atoms with E-state index in [-0.39, 0.29) is 11.8 Å². The number of hydrogen-bond donors (Lipinski definition) is 1. The van der Waals surface area contributed by atoms with Crippen LogP contribution in [-0.4, -0.2) is 34.7 Å². The molecule has 1 aliphatic heterocycles. The summed E-state index contributed by atoms with van der Waals surface area (Å²) in [6, 6.07) is 7.67. The lowest BCUT2D eigenvalue weighted by molar-refractivity contribution is -0.117. The van der Waals surface area contributed by atoms with Crippen molar-refractivity contribution in [2.24, 2.45) is 7.05 Å². The maximum absolute atomic E-state index is 11.9. The second kappa shape index (κ2) is 7.79. The molecule has 0 bridgehead atoms. The van der Waals surface area contributed by atoms with E-state index in [2.05, 4.69) is 10.4 Å². The summed E-state index contributed by atoms with van der Waals surface area (Å²) in [6.45, 7) is 1.36. The SMILES string of the molecule is Cn1cc(CCNC(=O)C=Cc2ccc(N3CCCC3=O)cc2)cn1. The van der Waals surface area contributed by atoms with Crippen LogP contribution in [0.15, 0.2) is 42.7 Å². The molecule has 2 aromatic rings. The Hall–Kier alpha value is -2.89. The van der Waals surface area contributed by atoms with E-state index in [0.717, 1.165) is 36.2 Å². The normalized spacial score (nSPS) is 14.4. The first-order valence-electron chi connectivity index (χ1n) is 8.46. The van der Waals surface area contributed by atoms with Crippen LogP contribution in [0.4, 0.5) is 5.69 Å².